The van der Waals surface area contributed by atoms with Crippen LogP contribution < -0.4 is 5.73 Å². The number of allylic oxidation sites excluding steroid dienone is 2. The number of carbonyl (C=O) groups is 1. The highest BCUT2D eigenvalue weighted by Gasteiger charge is 2.23. The summed E-state index contributed by atoms with van der Waals surface area (Å²) in [5, 5.41) is 23.6. The largest absolute Gasteiger partial charge is 0.401 e. The number of nitriles is 1. The lowest BCUT2D eigenvalue weighted by molar-refractivity contribution is -0.386. The lowest BCUT2D eigenvalue weighted by Gasteiger charge is -2.03. The van der Waals surface area contributed by atoms with E-state index < -0.39 is 10.7 Å². The minimum Gasteiger partial charge on any atom is -0.401 e. The summed E-state index contributed by atoms with van der Waals surface area (Å²) in [7, 11) is 0. The van der Waals surface area contributed by atoms with E-state index in [1.165, 1.54) is 25.5 Å². The molecule has 0 unspecified atom stereocenters. The quantitative estimate of drug-likeness (QED) is 0.369. The molecule has 1 rings (SSSR count). The van der Waals surface area contributed by atoms with E-state index in [4.69, 9.17) is 11.0 Å². The summed E-state index contributed by atoms with van der Waals surface area (Å²) in [5.74, 6) is -0.525. The smallest absolute Gasteiger partial charge is 0.312 e. The Hall–Kier alpha value is -2.69. The second-order valence-electron chi connectivity index (χ2n) is 4.03. The van der Waals surface area contributed by atoms with Crippen LogP contribution in [0.1, 0.15) is 18.3 Å². The van der Waals surface area contributed by atoms with Crippen molar-refractivity contribution < 1.29 is 9.72 Å². The second-order valence-corrected chi connectivity index (χ2v) is 4.03. The van der Waals surface area contributed by atoms with E-state index in [1.54, 1.807) is 6.07 Å². The molecule has 0 bridgehead atoms. The van der Waals surface area contributed by atoms with Gasteiger partial charge in [-0.3, -0.25) is 19.6 Å². The number of nitrogens with two attached hydrogens (primary N) is 1. The number of ketones is 1. The first-order chi connectivity index (χ1) is 8.79. The van der Waals surface area contributed by atoms with Crippen molar-refractivity contribution in [1.29, 1.82) is 5.26 Å². The summed E-state index contributed by atoms with van der Waals surface area (Å²) in [5.41, 5.74) is 5.74. The molecule has 1 aromatic rings. The first kappa shape index (κ1) is 14.4. The molecular formula is C11H13N5O3. The second kappa shape index (κ2) is 5.30. The van der Waals surface area contributed by atoms with E-state index in [0.717, 1.165) is 0 Å². The van der Waals surface area contributed by atoms with Gasteiger partial charge in [0.15, 0.2) is 5.78 Å². The Bertz CT molecular complexity index is 617. The van der Waals surface area contributed by atoms with Gasteiger partial charge in [0.05, 0.1) is 4.92 Å². The molecule has 0 aliphatic rings. The Kier molecular flexibility index (Phi) is 4.01. The van der Waals surface area contributed by atoms with Crippen LogP contribution in [-0.2, 0) is 11.3 Å². The van der Waals surface area contributed by atoms with Crippen molar-refractivity contribution >= 4 is 11.5 Å². The molecule has 0 aliphatic heterocycles. The number of carbonyl (C=O) groups excluding carboxylic acids is 1. The average Bonchev–Trinajstić information content (AvgIpc) is 2.54. The summed E-state index contributed by atoms with van der Waals surface area (Å²) >= 11 is 0. The molecule has 8 nitrogen and oxygen atoms in total. The van der Waals surface area contributed by atoms with Crippen molar-refractivity contribution in [3.05, 3.63) is 32.8 Å². The number of hydrogen-bond donors (Lipinski definition) is 1. The Morgan fingerprint density at radius 3 is 2.53 bits per heavy atom. The number of Topliss-reactive ketones (excluding diaryl/α,β-unsaturated/α-hetero) is 1. The molecule has 0 aromatic carbocycles. The SMILES string of the molecule is C/C(N)=C(/C#N)C(=O)Cn1nc(C)c([N+](=O)[O-])c1C. The molecule has 0 saturated carbocycles. The van der Waals surface area contributed by atoms with Crippen LogP contribution in [0.2, 0.25) is 0 Å². The minimum atomic E-state index is -0.548. The van der Waals surface area contributed by atoms with Crippen LogP contribution in [-0.4, -0.2) is 20.5 Å². The molecule has 0 radical (unpaired) electrons. The standard InChI is InChI=1S/C11H13N5O3/c1-6(13)9(4-12)10(17)5-15-8(3)11(16(18)19)7(2)14-15/h5,13H2,1-3H3/b9-6+. The first-order valence-electron chi connectivity index (χ1n) is 5.37. The van der Waals surface area contributed by atoms with Crippen molar-refractivity contribution in [2.75, 3.05) is 0 Å². The molecule has 2 N–H and O–H groups in total. The van der Waals surface area contributed by atoms with Gasteiger partial charge in [0.2, 0.25) is 0 Å². The fraction of sp³-hybridized carbons (Fsp3) is 0.364. The highest BCUT2D eigenvalue weighted by molar-refractivity contribution is 5.99. The van der Waals surface area contributed by atoms with Crippen molar-refractivity contribution in [1.82, 2.24) is 9.78 Å². The summed E-state index contributed by atoms with van der Waals surface area (Å²) in [6.45, 7) is 4.18. The van der Waals surface area contributed by atoms with Crippen LogP contribution in [0.5, 0.6) is 0 Å². The maximum absolute atomic E-state index is 11.8. The van der Waals surface area contributed by atoms with Gasteiger partial charge in [0.1, 0.15) is 29.6 Å². The molecule has 100 valence electrons. The van der Waals surface area contributed by atoms with Crippen LogP contribution in [0.25, 0.3) is 0 Å². The number of aromatic nitrogens is 2. The molecule has 1 aromatic heterocycles. The van der Waals surface area contributed by atoms with Crippen LogP contribution >= 0.6 is 0 Å². The molecule has 0 fully saturated rings. The normalized spacial score (nSPS) is 11.7. The summed E-state index contributed by atoms with van der Waals surface area (Å²) < 4.78 is 1.20. The van der Waals surface area contributed by atoms with Crippen LogP contribution in [0.15, 0.2) is 11.3 Å². The predicted octanol–water partition coefficient (Wildman–Crippen LogP) is 0.734. The van der Waals surface area contributed by atoms with E-state index >= 15 is 0 Å². The van der Waals surface area contributed by atoms with Gasteiger partial charge in [-0.05, 0) is 20.8 Å². The van der Waals surface area contributed by atoms with Gasteiger partial charge in [-0.15, -0.1) is 0 Å². The summed E-state index contributed by atoms with van der Waals surface area (Å²) in [4.78, 5) is 22.1. The molecule has 1 heterocycles. The van der Waals surface area contributed by atoms with Crippen LogP contribution in [0.3, 0.4) is 0 Å². The third-order valence-electron chi connectivity index (χ3n) is 2.60. The third kappa shape index (κ3) is 2.77. The lowest BCUT2D eigenvalue weighted by atomic mass is 10.1. The molecule has 0 aliphatic carbocycles. The molecule has 0 saturated heterocycles. The number of nitrogens with zero attached hydrogens (tertiary/aromatic N) is 4. The van der Waals surface area contributed by atoms with Crippen molar-refractivity contribution in [3.8, 4) is 6.07 Å². The lowest BCUT2D eigenvalue weighted by Crippen LogP contribution is -2.17. The average molecular weight is 263 g/mol. The Labute approximate surface area is 109 Å². The number of aryl methyl sites for hydroxylation is 1. The number of nitro groups is 1. The fourth-order valence-corrected chi connectivity index (χ4v) is 1.69. The van der Waals surface area contributed by atoms with Crippen molar-refractivity contribution in [3.63, 3.8) is 0 Å². The minimum absolute atomic E-state index is 0.114. The molecule has 8 heteroatoms. The van der Waals surface area contributed by atoms with Crippen molar-refractivity contribution in [2.45, 2.75) is 27.3 Å². The molecule has 0 amide bonds. The van der Waals surface area contributed by atoms with Gasteiger partial charge in [0, 0.05) is 5.70 Å². The highest BCUT2D eigenvalue weighted by atomic mass is 16.6. The van der Waals surface area contributed by atoms with Gasteiger partial charge in [0.25, 0.3) is 0 Å². The molecule has 0 atom stereocenters. The number of hydrogen-bond acceptors (Lipinski definition) is 6. The topological polar surface area (TPSA) is 128 Å². The van der Waals surface area contributed by atoms with Crippen LogP contribution in [0, 0.1) is 35.3 Å². The molecule has 19 heavy (non-hydrogen) atoms. The molecular weight excluding hydrogens is 250 g/mol. The maximum Gasteiger partial charge on any atom is 0.312 e. The maximum atomic E-state index is 11.8. The van der Waals surface area contributed by atoms with Crippen molar-refractivity contribution in [2.24, 2.45) is 5.73 Å². The Balaban J connectivity index is 3.13. The monoisotopic (exact) mass is 263 g/mol. The molecule has 0 spiro atoms. The zero-order chi connectivity index (χ0) is 14.7. The fourth-order valence-electron chi connectivity index (χ4n) is 1.69. The Morgan fingerprint density at radius 1 is 1.58 bits per heavy atom. The zero-order valence-electron chi connectivity index (χ0n) is 10.8. The van der Waals surface area contributed by atoms with E-state index in [9.17, 15) is 14.9 Å². The van der Waals surface area contributed by atoms with E-state index in [2.05, 4.69) is 5.10 Å². The Morgan fingerprint density at radius 2 is 2.16 bits per heavy atom. The zero-order valence-corrected chi connectivity index (χ0v) is 10.8. The van der Waals surface area contributed by atoms with E-state index in [-0.39, 0.29) is 34.9 Å². The van der Waals surface area contributed by atoms with Gasteiger partial charge >= 0.3 is 5.69 Å². The van der Waals surface area contributed by atoms with Gasteiger partial charge in [-0.2, -0.15) is 10.4 Å². The number of rotatable bonds is 4. The van der Waals surface area contributed by atoms with Gasteiger partial charge < -0.3 is 5.73 Å². The summed E-state index contributed by atoms with van der Waals surface area (Å²) in [6.07, 6.45) is 0. The predicted molar refractivity (Wildman–Crippen MR) is 65.9 cm³/mol. The van der Waals surface area contributed by atoms with E-state index in [0.29, 0.717) is 0 Å². The van der Waals surface area contributed by atoms with Crippen LogP contribution in [0.4, 0.5) is 5.69 Å². The van der Waals surface area contributed by atoms with Gasteiger partial charge in [-0.1, -0.05) is 0 Å². The highest BCUT2D eigenvalue weighted by Crippen LogP contribution is 2.21. The summed E-state index contributed by atoms with van der Waals surface area (Å²) in [6, 6.07) is 1.72. The van der Waals surface area contributed by atoms with E-state index in [1.807, 2.05) is 0 Å². The first-order valence-corrected chi connectivity index (χ1v) is 5.37. The van der Waals surface area contributed by atoms with Gasteiger partial charge in [-0.25, -0.2) is 0 Å². The third-order valence-corrected chi connectivity index (χ3v) is 2.60.